The quantitative estimate of drug-likeness (QED) is 0.650. The summed E-state index contributed by atoms with van der Waals surface area (Å²) in [6.45, 7) is 1.32. The molecule has 1 aliphatic rings. The molecule has 1 fully saturated rings. The van der Waals surface area contributed by atoms with E-state index in [-0.39, 0.29) is 17.9 Å². The molecule has 2 aromatic rings. The van der Waals surface area contributed by atoms with Crippen molar-refractivity contribution in [1.29, 1.82) is 0 Å². The van der Waals surface area contributed by atoms with Crippen LogP contribution in [-0.2, 0) is 11.3 Å². The summed E-state index contributed by atoms with van der Waals surface area (Å²) in [7, 11) is 0. The number of nitrogens with zero attached hydrogens (tertiary/aromatic N) is 1. The largest absolute Gasteiger partial charge is 0.338 e. The molecule has 1 unspecified atom stereocenters. The van der Waals surface area contributed by atoms with Gasteiger partial charge in [0.1, 0.15) is 0 Å². The number of halogens is 3. The van der Waals surface area contributed by atoms with Crippen LogP contribution in [0.25, 0.3) is 0 Å². The molecule has 0 saturated carbocycles. The second-order valence-electron chi connectivity index (χ2n) is 6.43. The van der Waals surface area contributed by atoms with Gasteiger partial charge in [-0.2, -0.15) is 0 Å². The van der Waals surface area contributed by atoms with Crippen LogP contribution >= 0.6 is 39.1 Å². The maximum absolute atomic E-state index is 12.3. The minimum absolute atomic E-state index is 0.0178. The van der Waals surface area contributed by atoms with Gasteiger partial charge in [-0.05, 0) is 42.0 Å². The molecular formula is C19H18BrCl2N3O2. The number of carbonyl (C=O) groups is 2. The zero-order chi connectivity index (χ0) is 19.4. The minimum atomic E-state index is -0.161. The third-order valence-corrected chi connectivity index (χ3v) is 5.40. The summed E-state index contributed by atoms with van der Waals surface area (Å²) in [5.41, 5.74) is 1.56. The van der Waals surface area contributed by atoms with Gasteiger partial charge in [-0.1, -0.05) is 45.2 Å². The Morgan fingerprint density at radius 2 is 1.96 bits per heavy atom. The van der Waals surface area contributed by atoms with E-state index < -0.39 is 0 Å². The first-order chi connectivity index (χ1) is 12.9. The van der Waals surface area contributed by atoms with Crippen LogP contribution in [0.15, 0.2) is 46.9 Å². The lowest BCUT2D eigenvalue weighted by Crippen LogP contribution is -2.51. The number of anilines is 1. The van der Waals surface area contributed by atoms with Crippen molar-refractivity contribution in [3.05, 3.63) is 62.5 Å². The number of benzene rings is 2. The van der Waals surface area contributed by atoms with E-state index in [2.05, 4.69) is 26.6 Å². The van der Waals surface area contributed by atoms with E-state index in [9.17, 15) is 9.59 Å². The average molecular weight is 471 g/mol. The predicted octanol–water partition coefficient (Wildman–Crippen LogP) is 4.93. The molecule has 5 nitrogen and oxygen atoms in total. The number of hydrogen-bond acceptors (Lipinski definition) is 2. The molecule has 0 radical (unpaired) electrons. The van der Waals surface area contributed by atoms with E-state index in [4.69, 9.17) is 23.2 Å². The number of urea groups is 1. The van der Waals surface area contributed by atoms with Crippen molar-refractivity contribution in [2.75, 3.05) is 18.4 Å². The summed E-state index contributed by atoms with van der Waals surface area (Å²) in [6, 6.07) is 12.4. The molecule has 2 aromatic carbocycles. The molecule has 27 heavy (non-hydrogen) atoms. The molecule has 8 heteroatoms. The Kier molecular flexibility index (Phi) is 6.63. The van der Waals surface area contributed by atoms with Gasteiger partial charge in [0.05, 0.1) is 0 Å². The second kappa shape index (κ2) is 8.95. The molecule has 3 amide bonds. The molecular weight excluding hydrogens is 453 g/mol. The molecule has 142 valence electrons. The van der Waals surface area contributed by atoms with E-state index in [1.54, 1.807) is 17.0 Å². The van der Waals surface area contributed by atoms with Gasteiger partial charge < -0.3 is 15.5 Å². The van der Waals surface area contributed by atoms with Gasteiger partial charge in [0, 0.05) is 52.2 Å². The molecule has 2 N–H and O–H groups in total. The van der Waals surface area contributed by atoms with Crippen molar-refractivity contribution in [2.24, 2.45) is 5.92 Å². The van der Waals surface area contributed by atoms with Crippen LogP contribution in [0.2, 0.25) is 10.0 Å². The first-order valence-electron chi connectivity index (χ1n) is 8.43. The van der Waals surface area contributed by atoms with Crippen molar-refractivity contribution in [2.45, 2.75) is 13.0 Å². The van der Waals surface area contributed by atoms with Gasteiger partial charge in [0.25, 0.3) is 0 Å². The summed E-state index contributed by atoms with van der Waals surface area (Å²) in [5.74, 6) is -0.0628. The summed E-state index contributed by atoms with van der Waals surface area (Å²) in [4.78, 5) is 26.1. The van der Waals surface area contributed by atoms with E-state index >= 15 is 0 Å². The zero-order valence-electron chi connectivity index (χ0n) is 14.3. The van der Waals surface area contributed by atoms with Crippen LogP contribution in [0.4, 0.5) is 10.5 Å². The Hall–Kier alpha value is -1.76. The SMILES string of the molecule is O=C(CC1CNC(=O)N(Cc2ccc(Cl)cc2Cl)C1)Nc1ccc(Br)cc1. The molecule has 0 aromatic heterocycles. The van der Waals surface area contributed by atoms with E-state index in [0.717, 1.165) is 15.7 Å². The third kappa shape index (κ3) is 5.61. The van der Waals surface area contributed by atoms with Crippen molar-refractivity contribution in [1.82, 2.24) is 10.2 Å². The smallest absolute Gasteiger partial charge is 0.317 e. The molecule has 0 spiro atoms. The van der Waals surface area contributed by atoms with Gasteiger partial charge in [-0.25, -0.2) is 4.79 Å². The maximum atomic E-state index is 12.3. The van der Waals surface area contributed by atoms with E-state index in [1.807, 2.05) is 30.3 Å². The fraction of sp³-hybridized carbons (Fsp3) is 0.263. The van der Waals surface area contributed by atoms with Crippen molar-refractivity contribution < 1.29 is 9.59 Å². The van der Waals surface area contributed by atoms with E-state index in [0.29, 0.717) is 36.1 Å². The van der Waals surface area contributed by atoms with E-state index in [1.165, 1.54) is 0 Å². The third-order valence-electron chi connectivity index (χ3n) is 4.29. The number of carbonyl (C=O) groups excluding carboxylic acids is 2. The summed E-state index contributed by atoms with van der Waals surface area (Å²) in [5, 5.41) is 6.79. The summed E-state index contributed by atoms with van der Waals surface area (Å²) < 4.78 is 0.951. The Bertz CT molecular complexity index is 845. The predicted molar refractivity (Wildman–Crippen MR) is 111 cm³/mol. The molecule has 1 aliphatic heterocycles. The normalized spacial score (nSPS) is 16.8. The van der Waals surface area contributed by atoms with Gasteiger partial charge in [0.15, 0.2) is 0 Å². The lowest BCUT2D eigenvalue weighted by Gasteiger charge is -2.33. The fourth-order valence-corrected chi connectivity index (χ4v) is 3.67. The number of amides is 3. The first kappa shape index (κ1) is 20.0. The van der Waals surface area contributed by atoms with Crippen molar-refractivity contribution in [3.63, 3.8) is 0 Å². The topological polar surface area (TPSA) is 61.4 Å². The Labute approximate surface area is 176 Å². The number of hydrogen-bond donors (Lipinski definition) is 2. The minimum Gasteiger partial charge on any atom is -0.338 e. The van der Waals surface area contributed by atoms with Gasteiger partial charge in [-0.3, -0.25) is 4.79 Å². The second-order valence-corrected chi connectivity index (χ2v) is 8.19. The van der Waals surface area contributed by atoms with Crippen LogP contribution in [0.1, 0.15) is 12.0 Å². The lowest BCUT2D eigenvalue weighted by atomic mass is 10.0. The number of rotatable bonds is 5. The van der Waals surface area contributed by atoms with Crippen LogP contribution < -0.4 is 10.6 Å². The van der Waals surface area contributed by atoms with Gasteiger partial charge >= 0.3 is 6.03 Å². The van der Waals surface area contributed by atoms with Crippen molar-refractivity contribution in [3.8, 4) is 0 Å². The Morgan fingerprint density at radius 3 is 2.67 bits per heavy atom. The zero-order valence-corrected chi connectivity index (χ0v) is 17.4. The molecule has 0 aliphatic carbocycles. The molecule has 1 saturated heterocycles. The average Bonchev–Trinajstić information content (AvgIpc) is 2.62. The maximum Gasteiger partial charge on any atom is 0.317 e. The molecule has 1 heterocycles. The highest BCUT2D eigenvalue weighted by Gasteiger charge is 2.27. The van der Waals surface area contributed by atoms with Gasteiger partial charge in [-0.15, -0.1) is 0 Å². The Morgan fingerprint density at radius 1 is 1.22 bits per heavy atom. The fourth-order valence-electron chi connectivity index (χ4n) is 2.94. The van der Waals surface area contributed by atoms with Crippen molar-refractivity contribution >= 4 is 56.8 Å². The highest BCUT2D eigenvalue weighted by atomic mass is 79.9. The van der Waals surface area contributed by atoms with Crippen LogP contribution in [0.3, 0.4) is 0 Å². The molecule has 0 bridgehead atoms. The lowest BCUT2D eigenvalue weighted by molar-refractivity contribution is -0.117. The summed E-state index contributed by atoms with van der Waals surface area (Å²) in [6.07, 6.45) is 0.321. The number of nitrogens with one attached hydrogen (secondary N) is 2. The molecule has 3 rings (SSSR count). The highest BCUT2D eigenvalue weighted by Crippen LogP contribution is 2.24. The summed E-state index contributed by atoms with van der Waals surface area (Å²) >= 11 is 15.5. The first-order valence-corrected chi connectivity index (χ1v) is 9.97. The molecule has 1 atom stereocenters. The standard InChI is InChI=1S/C19H18BrCl2N3O2/c20-14-2-5-16(6-3-14)24-18(26)7-12-9-23-19(27)25(10-12)11-13-1-4-15(21)8-17(13)22/h1-6,8,12H,7,9-11H2,(H,23,27)(H,24,26). The monoisotopic (exact) mass is 469 g/mol. The van der Waals surface area contributed by atoms with Gasteiger partial charge in [0.2, 0.25) is 5.91 Å². The highest BCUT2D eigenvalue weighted by molar-refractivity contribution is 9.10. The van der Waals surface area contributed by atoms with Crippen LogP contribution in [-0.4, -0.2) is 29.9 Å². The van der Waals surface area contributed by atoms with Crippen LogP contribution in [0, 0.1) is 5.92 Å². The Balaban J connectivity index is 1.58. The van der Waals surface area contributed by atoms with Crippen LogP contribution in [0.5, 0.6) is 0 Å².